The largest absolute Gasteiger partial charge is 0.378 e. The van der Waals surface area contributed by atoms with E-state index in [1.165, 1.54) is 12.8 Å². The van der Waals surface area contributed by atoms with Gasteiger partial charge in [0.15, 0.2) is 0 Å². The van der Waals surface area contributed by atoms with Crippen LogP contribution in [0.3, 0.4) is 0 Å². The number of amides is 1. The molecule has 4 heteroatoms. The minimum absolute atomic E-state index is 0.141. The maximum absolute atomic E-state index is 12.2. The third-order valence-corrected chi connectivity index (χ3v) is 4.96. The molecule has 0 heterocycles. The predicted octanol–water partition coefficient (Wildman–Crippen LogP) is 2.22. The third-order valence-electron chi connectivity index (χ3n) is 4.96. The van der Waals surface area contributed by atoms with Gasteiger partial charge in [0.25, 0.3) is 0 Å². The van der Waals surface area contributed by atoms with Gasteiger partial charge in [0.05, 0.1) is 11.6 Å². The highest BCUT2D eigenvalue weighted by Gasteiger charge is 2.37. The van der Waals surface area contributed by atoms with Gasteiger partial charge in [-0.05, 0) is 44.4 Å². The summed E-state index contributed by atoms with van der Waals surface area (Å²) in [5, 5.41) is 3.25. The average molecular weight is 282 g/mol. The molecule has 2 fully saturated rings. The summed E-state index contributed by atoms with van der Waals surface area (Å²) in [7, 11) is 0. The summed E-state index contributed by atoms with van der Waals surface area (Å²) in [4.78, 5) is 12.2. The van der Waals surface area contributed by atoms with E-state index in [-0.39, 0.29) is 11.4 Å². The van der Waals surface area contributed by atoms with E-state index in [4.69, 9.17) is 10.5 Å². The van der Waals surface area contributed by atoms with Crippen LogP contribution in [0.15, 0.2) is 0 Å². The van der Waals surface area contributed by atoms with Crippen molar-refractivity contribution in [3.8, 4) is 0 Å². The van der Waals surface area contributed by atoms with Crippen LogP contribution in [-0.4, -0.2) is 30.7 Å². The molecule has 2 saturated carbocycles. The molecule has 20 heavy (non-hydrogen) atoms. The van der Waals surface area contributed by atoms with Crippen molar-refractivity contribution in [2.45, 2.75) is 70.4 Å². The fourth-order valence-corrected chi connectivity index (χ4v) is 3.83. The zero-order valence-corrected chi connectivity index (χ0v) is 13.0. The van der Waals surface area contributed by atoms with Gasteiger partial charge < -0.3 is 15.8 Å². The number of hydrogen-bond donors (Lipinski definition) is 2. The van der Waals surface area contributed by atoms with Crippen molar-refractivity contribution in [2.24, 2.45) is 17.6 Å². The summed E-state index contributed by atoms with van der Waals surface area (Å²) in [6, 6.07) is 0. The Labute approximate surface area is 122 Å². The molecular formula is C16H30N2O2. The lowest BCUT2D eigenvalue weighted by Gasteiger charge is -2.41. The summed E-state index contributed by atoms with van der Waals surface area (Å²) in [5.74, 6) is 1.35. The normalized spacial score (nSPS) is 37.2. The van der Waals surface area contributed by atoms with Crippen LogP contribution >= 0.6 is 0 Å². The van der Waals surface area contributed by atoms with Crippen LogP contribution in [0.4, 0.5) is 0 Å². The minimum Gasteiger partial charge on any atom is -0.378 e. The summed E-state index contributed by atoms with van der Waals surface area (Å²) < 4.78 is 5.54. The molecule has 2 unspecified atom stereocenters. The molecule has 2 atom stereocenters. The molecule has 0 saturated heterocycles. The van der Waals surface area contributed by atoms with E-state index in [1.54, 1.807) is 0 Å². The lowest BCUT2D eigenvalue weighted by Crippen LogP contribution is -2.56. The van der Waals surface area contributed by atoms with Crippen LogP contribution in [0.2, 0.25) is 0 Å². The molecular weight excluding hydrogens is 252 g/mol. The molecule has 3 N–H and O–H groups in total. The van der Waals surface area contributed by atoms with Gasteiger partial charge in [-0.15, -0.1) is 0 Å². The van der Waals surface area contributed by atoms with Crippen molar-refractivity contribution in [3.63, 3.8) is 0 Å². The summed E-state index contributed by atoms with van der Waals surface area (Å²) in [6.45, 7) is 5.62. The molecule has 0 spiro atoms. The van der Waals surface area contributed by atoms with E-state index in [1.807, 2.05) is 6.92 Å². The first-order valence-electron chi connectivity index (χ1n) is 8.19. The number of carbonyl (C=O) groups excluding carboxylic acids is 1. The first-order chi connectivity index (χ1) is 9.57. The van der Waals surface area contributed by atoms with Crippen LogP contribution in [-0.2, 0) is 9.53 Å². The van der Waals surface area contributed by atoms with Crippen LogP contribution in [0.1, 0.15) is 58.8 Å². The lowest BCUT2D eigenvalue weighted by molar-refractivity contribution is -0.126. The molecule has 0 radical (unpaired) electrons. The Morgan fingerprint density at radius 1 is 1.45 bits per heavy atom. The number of rotatable bonds is 6. The fourth-order valence-electron chi connectivity index (χ4n) is 3.83. The molecule has 1 amide bonds. The SMILES string of the molecule is CCOC1CC(CC(=O)NC2(CN)CCCC(C)C2)C1. The number of hydrogen-bond acceptors (Lipinski definition) is 3. The fraction of sp³-hybridized carbons (Fsp3) is 0.938. The van der Waals surface area contributed by atoms with Crippen LogP contribution in [0, 0.1) is 11.8 Å². The van der Waals surface area contributed by atoms with E-state index >= 15 is 0 Å². The van der Waals surface area contributed by atoms with Crippen molar-refractivity contribution < 1.29 is 9.53 Å². The molecule has 0 aliphatic heterocycles. The van der Waals surface area contributed by atoms with E-state index in [0.29, 0.717) is 30.9 Å². The van der Waals surface area contributed by atoms with Crippen molar-refractivity contribution >= 4 is 5.91 Å². The zero-order chi connectivity index (χ0) is 14.6. The first-order valence-corrected chi connectivity index (χ1v) is 8.19. The second-order valence-electron chi connectivity index (χ2n) is 6.85. The van der Waals surface area contributed by atoms with Crippen LogP contribution < -0.4 is 11.1 Å². The zero-order valence-electron chi connectivity index (χ0n) is 13.0. The van der Waals surface area contributed by atoms with Gasteiger partial charge in [-0.2, -0.15) is 0 Å². The lowest BCUT2D eigenvalue weighted by atomic mass is 9.75. The Kier molecular flexibility index (Phi) is 5.44. The summed E-state index contributed by atoms with van der Waals surface area (Å²) in [6.07, 6.45) is 7.59. The highest BCUT2D eigenvalue weighted by atomic mass is 16.5. The number of carbonyl (C=O) groups is 1. The summed E-state index contributed by atoms with van der Waals surface area (Å²) >= 11 is 0. The molecule has 2 rings (SSSR count). The standard InChI is InChI=1S/C16H30N2O2/c1-3-20-14-7-13(8-14)9-15(19)18-16(11-17)6-4-5-12(2)10-16/h12-14H,3-11,17H2,1-2H3,(H,18,19). The molecule has 116 valence electrons. The van der Waals surface area contributed by atoms with E-state index in [0.717, 1.165) is 32.3 Å². The predicted molar refractivity (Wildman–Crippen MR) is 80.3 cm³/mol. The Balaban J connectivity index is 1.76. The average Bonchev–Trinajstić information content (AvgIpc) is 2.36. The molecule has 2 aliphatic carbocycles. The molecule has 2 aliphatic rings. The monoisotopic (exact) mass is 282 g/mol. The smallest absolute Gasteiger partial charge is 0.220 e. The van der Waals surface area contributed by atoms with Crippen molar-refractivity contribution in [2.75, 3.05) is 13.2 Å². The van der Waals surface area contributed by atoms with E-state index < -0.39 is 0 Å². The summed E-state index contributed by atoms with van der Waals surface area (Å²) in [5.41, 5.74) is 5.81. The van der Waals surface area contributed by atoms with Gasteiger partial charge in [0, 0.05) is 19.6 Å². The van der Waals surface area contributed by atoms with Crippen molar-refractivity contribution in [1.29, 1.82) is 0 Å². The Hall–Kier alpha value is -0.610. The molecule has 0 aromatic carbocycles. The van der Waals surface area contributed by atoms with Gasteiger partial charge in [0.1, 0.15) is 0 Å². The van der Waals surface area contributed by atoms with Crippen LogP contribution in [0.25, 0.3) is 0 Å². The van der Waals surface area contributed by atoms with Crippen molar-refractivity contribution in [1.82, 2.24) is 5.32 Å². The van der Waals surface area contributed by atoms with Gasteiger partial charge in [0.2, 0.25) is 5.91 Å². The third kappa shape index (κ3) is 3.95. The van der Waals surface area contributed by atoms with Gasteiger partial charge >= 0.3 is 0 Å². The Morgan fingerprint density at radius 3 is 2.80 bits per heavy atom. The maximum Gasteiger partial charge on any atom is 0.220 e. The number of nitrogens with one attached hydrogen (secondary N) is 1. The second-order valence-corrected chi connectivity index (χ2v) is 6.85. The Morgan fingerprint density at radius 2 is 2.20 bits per heavy atom. The maximum atomic E-state index is 12.2. The quantitative estimate of drug-likeness (QED) is 0.785. The first kappa shape index (κ1) is 15.8. The van der Waals surface area contributed by atoms with Gasteiger partial charge in [-0.3, -0.25) is 4.79 Å². The molecule has 0 aromatic rings. The molecule has 0 aromatic heterocycles. The second kappa shape index (κ2) is 6.90. The topological polar surface area (TPSA) is 64.3 Å². The van der Waals surface area contributed by atoms with Gasteiger partial charge in [-0.1, -0.05) is 19.8 Å². The number of nitrogens with two attached hydrogens (primary N) is 1. The molecule has 4 nitrogen and oxygen atoms in total. The van der Waals surface area contributed by atoms with E-state index in [2.05, 4.69) is 12.2 Å². The van der Waals surface area contributed by atoms with Gasteiger partial charge in [-0.25, -0.2) is 0 Å². The highest BCUT2D eigenvalue weighted by Crippen LogP contribution is 2.34. The number of ether oxygens (including phenoxy) is 1. The van der Waals surface area contributed by atoms with E-state index in [9.17, 15) is 4.79 Å². The minimum atomic E-state index is -0.141. The molecule has 0 bridgehead atoms. The Bertz CT molecular complexity index is 328. The van der Waals surface area contributed by atoms with Crippen LogP contribution in [0.5, 0.6) is 0 Å². The highest BCUT2D eigenvalue weighted by molar-refractivity contribution is 5.77. The van der Waals surface area contributed by atoms with Crippen molar-refractivity contribution in [3.05, 3.63) is 0 Å².